The highest BCUT2D eigenvalue weighted by Gasteiger charge is 2.14. The highest BCUT2D eigenvalue weighted by molar-refractivity contribution is 6.30. The van der Waals surface area contributed by atoms with Gasteiger partial charge in [-0.05, 0) is 46.5 Å². The lowest BCUT2D eigenvalue weighted by molar-refractivity contribution is 0.968. The summed E-state index contributed by atoms with van der Waals surface area (Å²) in [5, 5.41) is 5.62. The van der Waals surface area contributed by atoms with E-state index in [4.69, 9.17) is 21.7 Å². The first-order valence-corrected chi connectivity index (χ1v) is 11.5. The zero-order valence-electron chi connectivity index (χ0n) is 18.3. The molecule has 0 saturated heterocycles. The van der Waals surface area contributed by atoms with Gasteiger partial charge in [0.05, 0.1) is 0 Å². The molecule has 4 aromatic carbocycles. The van der Waals surface area contributed by atoms with Gasteiger partial charge in [0.25, 0.3) is 0 Å². The first-order chi connectivity index (χ1) is 16.7. The molecule has 0 N–H and O–H groups in total. The maximum absolute atomic E-state index is 6.07. The maximum Gasteiger partial charge on any atom is 0.182 e. The Labute approximate surface area is 202 Å². The number of pyridine rings is 1. The zero-order chi connectivity index (χ0) is 22.9. The van der Waals surface area contributed by atoms with Crippen LogP contribution in [-0.2, 0) is 0 Å². The fourth-order valence-electron chi connectivity index (χ4n) is 4.21. The molecule has 0 bridgehead atoms. The Morgan fingerprint density at radius 3 is 1.88 bits per heavy atom. The SMILES string of the molecule is Clc1ccc(-c2cccc(-c3nc4c(-c5ccccc5)cc(-c5ccccc5)cn4n3)c2)cc1. The van der Waals surface area contributed by atoms with Crippen LogP contribution in [0.15, 0.2) is 121 Å². The summed E-state index contributed by atoms with van der Waals surface area (Å²) in [4.78, 5) is 4.97. The molecule has 0 fully saturated rings. The summed E-state index contributed by atoms with van der Waals surface area (Å²) < 4.78 is 1.90. The maximum atomic E-state index is 6.07. The van der Waals surface area contributed by atoms with Gasteiger partial charge in [-0.15, -0.1) is 5.10 Å². The highest BCUT2D eigenvalue weighted by atomic mass is 35.5. The molecule has 2 heterocycles. The normalized spacial score (nSPS) is 11.1. The number of rotatable bonds is 4. The Bertz CT molecular complexity index is 1590. The Balaban J connectivity index is 1.51. The molecule has 4 heteroatoms. The lowest BCUT2D eigenvalue weighted by atomic mass is 10.0. The standard InChI is InChI=1S/C30H20ClN3/c31-27-16-14-22(15-17-27)24-12-7-13-25(18-24)29-32-30-28(23-10-5-2-6-11-23)19-26(20-34(30)33-29)21-8-3-1-4-9-21/h1-20H. The predicted molar refractivity (Wildman–Crippen MR) is 140 cm³/mol. The van der Waals surface area contributed by atoms with E-state index < -0.39 is 0 Å². The fraction of sp³-hybridized carbons (Fsp3) is 0. The molecule has 0 aliphatic rings. The van der Waals surface area contributed by atoms with Gasteiger partial charge in [-0.25, -0.2) is 9.50 Å². The Kier molecular flexibility index (Phi) is 5.17. The number of fused-ring (bicyclic) bond motifs is 1. The van der Waals surface area contributed by atoms with Crippen molar-refractivity contribution < 1.29 is 0 Å². The first-order valence-electron chi connectivity index (χ1n) is 11.1. The second-order valence-corrected chi connectivity index (χ2v) is 8.60. The summed E-state index contributed by atoms with van der Waals surface area (Å²) in [6.45, 7) is 0. The van der Waals surface area contributed by atoms with Crippen molar-refractivity contribution >= 4 is 17.2 Å². The lowest BCUT2D eigenvalue weighted by Crippen LogP contribution is -1.93. The van der Waals surface area contributed by atoms with Gasteiger partial charge in [0.1, 0.15) is 0 Å². The summed E-state index contributed by atoms with van der Waals surface area (Å²) in [6, 6.07) is 39.1. The number of aromatic nitrogens is 3. The van der Waals surface area contributed by atoms with E-state index in [1.807, 2.05) is 59.1 Å². The van der Waals surface area contributed by atoms with E-state index in [9.17, 15) is 0 Å². The lowest BCUT2D eigenvalue weighted by Gasteiger charge is -2.08. The van der Waals surface area contributed by atoms with Gasteiger partial charge in [0.15, 0.2) is 11.5 Å². The molecule has 0 atom stereocenters. The van der Waals surface area contributed by atoms with Crippen LogP contribution in [-0.4, -0.2) is 14.6 Å². The minimum Gasteiger partial charge on any atom is -0.219 e. The van der Waals surface area contributed by atoms with Gasteiger partial charge < -0.3 is 0 Å². The van der Waals surface area contributed by atoms with Crippen molar-refractivity contribution in [2.75, 3.05) is 0 Å². The molecule has 0 aliphatic heterocycles. The summed E-state index contributed by atoms with van der Waals surface area (Å²) in [6.07, 6.45) is 2.05. The number of nitrogens with zero attached hydrogens (tertiary/aromatic N) is 3. The molecule has 6 aromatic rings. The number of benzene rings is 4. The molecule has 0 radical (unpaired) electrons. The minimum atomic E-state index is 0.693. The van der Waals surface area contributed by atoms with Crippen molar-refractivity contribution in [1.82, 2.24) is 14.6 Å². The Morgan fingerprint density at radius 1 is 0.529 bits per heavy atom. The second kappa shape index (κ2) is 8.62. The third kappa shape index (κ3) is 3.87. The molecule has 0 aliphatic carbocycles. The third-order valence-electron chi connectivity index (χ3n) is 5.92. The zero-order valence-corrected chi connectivity index (χ0v) is 19.0. The quantitative estimate of drug-likeness (QED) is 0.268. The molecular weight excluding hydrogens is 438 g/mol. The smallest absolute Gasteiger partial charge is 0.182 e. The predicted octanol–water partition coefficient (Wildman–Crippen LogP) is 8.05. The van der Waals surface area contributed by atoms with E-state index in [0.717, 1.165) is 49.6 Å². The average molecular weight is 458 g/mol. The van der Waals surface area contributed by atoms with Crippen LogP contribution < -0.4 is 0 Å². The van der Waals surface area contributed by atoms with E-state index in [2.05, 4.69) is 66.9 Å². The summed E-state index contributed by atoms with van der Waals surface area (Å²) >= 11 is 6.07. The van der Waals surface area contributed by atoms with Crippen LogP contribution in [0.3, 0.4) is 0 Å². The fourth-order valence-corrected chi connectivity index (χ4v) is 4.33. The van der Waals surface area contributed by atoms with Gasteiger partial charge in [0, 0.05) is 27.9 Å². The van der Waals surface area contributed by atoms with Crippen molar-refractivity contribution in [3.63, 3.8) is 0 Å². The largest absolute Gasteiger partial charge is 0.219 e. The van der Waals surface area contributed by atoms with Crippen LogP contribution >= 0.6 is 11.6 Å². The molecular formula is C30H20ClN3. The summed E-state index contributed by atoms with van der Waals surface area (Å²) in [7, 11) is 0. The molecule has 2 aromatic heterocycles. The number of halogens is 1. The number of hydrogen-bond acceptors (Lipinski definition) is 2. The van der Waals surface area contributed by atoms with E-state index in [1.165, 1.54) is 0 Å². The Hall–Kier alpha value is -4.21. The molecule has 6 rings (SSSR count). The number of hydrogen-bond donors (Lipinski definition) is 0. The van der Waals surface area contributed by atoms with Crippen molar-refractivity contribution in [1.29, 1.82) is 0 Å². The van der Waals surface area contributed by atoms with E-state index in [1.54, 1.807) is 0 Å². The summed E-state index contributed by atoms with van der Waals surface area (Å²) in [5.74, 6) is 0.693. The van der Waals surface area contributed by atoms with Crippen LogP contribution in [0.4, 0.5) is 0 Å². The molecule has 162 valence electrons. The van der Waals surface area contributed by atoms with E-state index in [-0.39, 0.29) is 0 Å². The Morgan fingerprint density at radius 2 is 1.15 bits per heavy atom. The summed E-state index contributed by atoms with van der Waals surface area (Å²) in [5.41, 5.74) is 8.40. The van der Waals surface area contributed by atoms with Gasteiger partial charge in [-0.2, -0.15) is 0 Å². The van der Waals surface area contributed by atoms with Crippen LogP contribution in [0.25, 0.3) is 50.4 Å². The molecule has 34 heavy (non-hydrogen) atoms. The topological polar surface area (TPSA) is 30.2 Å². The van der Waals surface area contributed by atoms with E-state index >= 15 is 0 Å². The monoisotopic (exact) mass is 457 g/mol. The van der Waals surface area contributed by atoms with Gasteiger partial charge in [-0.3, -0.25) is 0 Å². The van der Waals surface area contributed by atoms with Gasteiger partial charge in [-0.1, -0.05) is 103 Å². The highest BCUT2D eigenvalue weighted by Crippen LogP contribution is 2.32. The van der Waals surface area contributed by atoms with Crippen molar-refractivity contribution in [3.05, 3.63) is 126 Å². The third-order valence-corrected chi connectivity index (χ3v) is 6.18. The minimum absolute atomic E-state index is 0.693. The van der Waals surface area contributed by atoms with Gasteiger partial charge in [0.2, 0.25) is 0 Å². The van der Waals surface area contributed by atoms with Crippen LogP contribution in [0.1, 0.15) is 0 Å². The molecule has 0 spiro atoms. The first kappa shape index (κ1) is 20.4. The van der Waals surface area contributed by atoms with Crippen molar-refractivity contribution in [2.24, 2.45) is 0 Å². The van der Waals surface area contributed by atoms with Gasteiger partial charge >= 0.3 is 0 Å². The van der Waals surface area contributed by atoms with Crippen LogP contribution in [0.2, 0.25) is 5.02 Å². The van der Waals surface area contributed by atoms with Crippen LogP contribution in [0, 0.1) is 0 Å². The molecule has 0 saturated carbocycles. The molecule has 0 amide bonds. The van der Waals surface area contributed by atoms with Crippen LogP contribution in [0.5, 0.6) is 0 Å². The molecule has 3 nitrogen and oxygen atoms in total. The average Bonchev–Trinajstić information content (AvgIpc) is 3.34. The van der Waals surface area contributed by atoms with Crippen molar-refractivity contribution in [2.45, 2.75) is 0 Å². The van der Waals surface area contributed by atoms with Crippen molar-refractivity contribution in [3.8, 4) is 44.8 Å². The molecule has 0 unspecified atom stereocenters. The second-order valence-electron chi connectivity index (χ2n) is 8.17. The van der Waals surface area contributed by atoms with E-state index in [0.29, 0.717) is 5.82 Å².